The molecule has 0 bridgehead atoms. The van der Waals surface area contributed by atoms with Gasteiger partial charge in [0.2, 0.25) is 5.91 Å². The van der Waals surface area contributed by atoms with Gasteiger partial charge in [0.05, 0.1) is 6.04 Å². The molecule has 0 radical (unpaired) electrons. The van der Waals surface area contributed by atoms with Crippen molar-refractivity contribution in [2.24, 2.45) is 0 Å². The third-order valence-electron chi connectivity index (χ3n) is 5.44. The number of amides is 1. The predicted octanol–water partition coefficient (Wildman–Crippen LogP) is 4.42. The van der Waals surface area contributed by atoms with Crippen molar-refractivity contribution in [1.82, 2.24) is 14.9 Å². The van der Waals surface area contributed by atoms with Crippen LogP contribution in [0.4, 0.5) is 10.2 Å². The van der Waals surface area contributed by atoms with E-state index in [0.717, 1.165) is 27.6 Å². The zero-order valence-electron chi connectivity index (χ0n) is 15.9. The van der Waals surface area contributed by atoms with E-state index in [-0.39, 0.29) is 17.8 Å². The molecule has 1 atom stereocenters. The Morgan fingerprint density at radius 1 is 1.24 bits per heavy atom. The van der Waals surface area contributed by atoms with Gasteiger partial charge in [-0.15, -0.1) is 0 Å². The first kappa shape index (κ1) is 17.6. The third kappa shape index (κ3) is 3.08. The van der Waals surface area contributed by atoms with Gasteiger partial charge in [-0.1, -0.05) is 18.2 Å². The van der Waals surface area contributed by atoms with Crippen molar-refractivity contribution in [3.8, 4) is 0 Å². The average molecular weight is 390 g/mol. The van der Waals surface area contributed by atoms with E-state index in [0.29, 0.717) is 30.9 Å². The quantitative estimate of drug-likeness (QED) is 0.549. The fourth-order valence-electron chi connectivity index (χ4n) is 3.99. The van der Waals surface area contributed by atoms with Crippen LogP contribution < -0.4 is 5.32 Å². The predicted molar refractivity (Wildman–Crippen MR) is 108 cm³/mol. The molecule has 0 saturated carbocycles. The van der Waals surface area contributed by atoms with Crippen LogP contribution in [0.5, 0.6) is 0 Å². The summed E-state index contributed by atoms with van der Waals surface area (Å²) in [5.41, 5.74) is 3.83. The summed E-state index contributed by atoms with van der Waals surface area (Å²) in [4.78, 5) is 22.5. The van der Waals surface area contributed by atoms with Gasteiger partial charge in [0.15, 0.2) is 11.4 Å². The number of carbonyl (C=O) groups is 1. The van der Waals surface area contributed by atoms with Crippen molar-refractivity contribution in [3.63, 3.8) is 0 Å². The molecule has 1 aliphatic heterocycles. The van der Waals surface area contributed by atoms with Crippen LogP contribution in [0, 0.1) is 5.82 Å². The van der Waals surface area contributed by atoms with Crippen molar-refractivity contribution in [2.45, 2.75) is 25.9 Å². The summed E-state index contributed by atoms with van der Waals surface area (Å²) in [6.07, 6.45) is 2.18. The molecule has 4 aromatic rings. The third-order valence-corrected chi connectivity index (χ3v) is 5.44. The second-order valence-electron chi connectivity index (χ2n) is 7.27. The first-order valence-electron chi connectivity index (χ1n) is 9.53. The van der Waals surface area contributed by atoms with Gasteiger partial charge in [0.25, 0.3) is 0 Å². The largest absolute Gasteiger partial charge is 0.450 e. The minimum Gasteiger partial charge on any atom is -0.450 e. The Balaban J connectivity index is 1.57. The highest BCUT2D eigenvalue weighted by Gasteiger charge is 2.25. The van der Waals surface area contributed by atoms with Crippen molar-refractivity contribution < 1.29 is 13.6 Å². The van der Waals surface area contributed by atoms with E-state index >= 15 is 0 Å². The molecule has 1 amide bonds. The van der Waals surface area contributed by atoms with E-state index in [9.17, 15) is 9.18 Å². The zero-order chi connectivity index (χ0) is 20.0. The molecule has 0 spiro atoms. The Bertz CT molecular complexity index is 1240. The maximum absolute atomic E-state index is 13.9. The Morgan fingerprint density at radius 3 is 2.97 bits per heavy atom. The van der Waals surface area contributed by atoms with Gasteiger partial charge in [-0.2, -0.15) is 0 Å². The smallest absolute Gasteiger partial charge is 0.219 e. The highest BCUT2D eigenvalue weighted by atomic mass is 19.1. The summed E-state index contributed by atoms with van der Waals surface area (Å²) in [5, 5.41) is 4.38. The summed E-state index contributed by atoms with van der Waals surface area (Å²) in [6, 6.07) is 12.3. The maximum Gasteiger partial charge on any atom is 0.219 e. The zero-order valence-corrected chi connectivity index (χ0v) is 15.9. The van der Waals surface area contributed by atoms with Crippen LogP contribution >= 0.6 is 0 Å². The number of nitrogens with zero attached hydrogens (tertiary/aromatic N) is 3. The molecule has 146 valence electrons. The van der Waals surface area contributed by atoms with E-state index in [1.807, 2.05) is 24.3 Å². The lowest BCUT2D eigenvalue weighted by Gasteiger charge is -2.20. The molecule has 0 aliphatic carbocycles. The topological polar surface area (TPSA) is 71.3 Å². The van der Waals surface area contributed by atoms with Crippen LogP contribution in [-0.2, 0) is 11.3 Å². The number of hydrogen-bond acceptors (Lipinski definition) is 5. The molecule has 0 saturated heterocycles. The Morgan fingerprint density at radius 2 is 2.10 bits per heavy atom. The Labute approximate surface area is 166 Å². The van der Waals surface area contributed by atoms with Crippen molar-refractivity contribution >= 4 is 33.8 Å². The van der Waals surface area contributed by atoms with Gasteiger partial charge in [0, 0.05) is 25.4 Å². The fraction of sp³-hybridized carbons (Fsp3) is 0.227. The van der Waals surface area contributed by atoms with Crippen LogP contribution in [0.25, 0.3) is 22.1 Å². The summed E-state index contributed by atoms with van der Waals surface area (Å²) in [5.74, 6) is 0.250. The number of aromatic nitrogens is 2. The molecular formula is C22H19FN4O2. The molecule has 2 aromatic carbocycles. The molecule has 2 aromatic heterocycles. The normalized spacial score (nSPS) is 16.6. The number of rotatable bonds is 2. The molecular weight excluding hydrogens is 371 g/mol. The maximum atomic E-state index is 13.9. The molecule has 6 nitrogen and oxygen atoms in total. The van der Waals surface area contributed by atoms with Crippen LogP contribution in [0.2, 0.25) is 0 Å². The van der Waals surface area contributed by atoms with Gasteiger partial charge >= 0.3 is 0 Å². The number of hydrogen-bond donors (Lipinski definition) is 1. The van der Waals surface area contributed by atoms with E-state index in [2.05, 4.69) is 15.3 Å². The number of para-hydroxylation sites is 1. The van der Waals surface area contributed by atoms with Crippen LogP contribution in [-0.4, -0.2) is 27.3 Å². The Hall–Kier alpha value is -3.48. The number of anilines is 1. The summed E-state index contributed by atoms with van der Waals surface area (Å²) in [6.45, 7) is 2.50. The highest BCUT2D eigenvalue weighted by Crippen LogP contribution is 2.34. The van der Waals surface area contributed by atoms with E-state index in [1.54, 1.807) is 11.0 Å². The molecule has 1 unspecified atom stereocenters. The number of halogens is 1. The SMILES string of the molecule is CC(=O)N1CCC(Nc2ncnc3c2oc2ccccc23)c2ccc(F)cc2C1. The molecule has 5 rings (SSSR count). The molecule has 1 N–H and O–H groups in total. The molecule has 29 heavy (non-hydrogen) atoms. The van der Waals surface area contributed by atoms with Gasteiger partial charge in [0.1, 0.15) is 23.2 Å². The van der Waals surface area contributed by atoms with E-state index in [4.69, 9.17) is 4.42 Å². The number of nitrogens with one attached hydrogen (secondary N) is 1. The van der Waals surface area contributed by atoms with Gasteiger partial charge in [-0.05, 0) is 41.8 Å². The molecule has 3 heterocycles. The second kappa shape index (κ2) is 6.84. The first-order chi connectivity index (χ1) is 14.1. The lowest BCUT2D eigenvalue weighted by atomic mass is 9.99. The van der Waals surface area contributed by atoms with E-state index < -0.39 is 0 Å². The van der Waals surface area contributed by atoms with Crippen LogP contribution in [0.15, 0.2) is 53.2 Å². The number of fused-ring (bicyclic) bond motifs is 4. The Kier molecular flexibility index (Phi) is 4.16. The average Bonchev–Trinajstić information content (AvgIpc) is 3.00. The standard InChI is InChI=1S/C22H19FN4O2/c1-13(28)27-9-8-18(16-7-6-15(23)10-14(16)11-27)26-22-21-20(24-12-25-22)17-4-2-3-5-19(17)29-21/h2-7,10,12,18H,8-9,11H2,1H3,(H,24,25,26). The van der Waals surface area contributed by atoms with Crippen molar-refractivity contribution in [1.29, 1.82) is 0 Å². The lowest BCUT2D eigenvalue weighted by Crippen LogP contribution is -2.28. The van der Waals surface area contributed by atoms with Gasteiger partial charge in [-0.25, -0.2) is 14.4 Å². The highest BCUT2D eigenvalue weighted by molar-refractivity contribution is 6.05. The summed E-state index contributed by atoms with van der Waals surface area (Å²) < 4.78 is 19.9. The first-order valence-corrected chi connectivity index (χ1v) is 9.53. The molecule has 1 aliphatic rings. The van der Waals surface area contributed by atoms with Crippen molar-refractivity contribution in [2.75, 3.05) is 11.9 Å². The monoisotopic (exact) mass is 390 g/mol. The minimum absolute atomic E-state index is 0.0254. The molecule has 7 heteroatoms. The van der Waals surface area contributed by atoms with Crippen molar-refractivity contribution in [3.05, 3.63) is 65.7 Å². The lowest BCUT2D eigenvalue weighted by molar-refractivity contribution is -0.129. The molecule has 0 fully saturated rings. The van der Waals surface area contributed by atoms with Gasteiger partial charge < -0.3 is 14.6 Å². The van der Waals surface area contributed by atoms with Crippen LogP contribution in [0.3, 0.4) is 0 Å². The summed E-state index contributed by atoms with van der Waals surface area (Å²) in [7, 11) is 0. The van der Waals surface area contributed by atoms with E-state index in [1.165, 1.54) is 25.4 Å². The number of furan rings is 1. The van der Waals surface area contributed by atoms with Gasteiger partial charge in [-0.3, -0.25) is 4.79 Å². The minimum atomic E-state index is -0.311. The second-order valence-corrected chi connectivity index (χ2v) is 7.27. The van der Waals surface area contributed by atoms with Crippen LogP contribution in [0.1, 0.15) is 30.5 Å². The fourth-order valence-corrected chi connectivity index (χ4v) is 3.99. The summed E-state index contributed by atoms with van der Waals surface area (Å²) >= 11 is 0. The number of carbonyl (C=O) groups excluding carboxylic acids is 1. The number of benzene rings is 2.